The van der Waals surface area contributed by atoms with Gasteiger partial charge in [0.25, 0.3) is 5.91 Å². The number of carbonyl (C=O) groups excluding carboxylic acids is 1. The molecule has 6 nitrogen and oxygen atoms in total. The van der Waals surface area contributed by atoms with Crippen molar-refractivity contribution in [3.63, 3.8) is 0 Å². The molecule has 1 fully saturated rings. The number of hydrogen-bond donors (Lipinski definition) is 0. The summed E-state index contributed by atoms with van der Waals surface area (Å²) in [6, 6.07) is 9.58. The Balaban J connectivity index is 0.00000240. The molecule has 0 saturated carbocycles. The van der Waals surface area contributed by atoms with E-state index in [0.717, 1.165) is 49.5 Å². The zero-order valence-electron chi connectivity index (χ0n) is 16.1. The molecule has 0 unspecified atom stereocenters. The number of anilines is 1. The fourth-order valence-electron chi connectivity index (χ4n) is 3.26. The van der Waals surface area contributed by atoms with Gasteiger partial charge in [-0.2, -0.15) is 0 Å². The van der Waals surface area contributed by atoms with Gasteiger partial charge in [-0.3, -0.25) is 14.6 Å². The quantitative estimate of drug-likeness (QED) is 0.489. The van der Waals surface area contributed by atoms with Crippen LogP contribution in [0.2, 0.25) is 0 Å². The highest BCUT2D eigenvalue weighted by Gasteiger charge is 2.24. The van der Waals surface area contributed by atoms with E-state index in [4.69, 9.17) is 14.1 Å². The number of halogens is 2. The van der Waals surface area contributed by atoms with Gasteiger partial charge >= 0.3 is 0 Å². The summed E-state index contributed by atoms with van der Waals surface area (Å²) in [5, 5.41) is 0.708. The maximum atomic E-state index is 13.1. The molecule has 1 amide bonds. The zero-order valence-corrected chi connectivity index (χ0v) is 19.3. The molecule has 0 aliphatic carbocycles. The minimum Gasteiger partial charge on any atom is -0.444 e. The number of benzene rings is 1. The Morgan fingerprint density at radius 2 is 2.07 bits per heavy atom. The molecule has 156 valence electrons. The number of furan rings is 1. The van der Waals surface area contributed by atoms with E-state index in [1.54, 1.807) is 28.4 Å². The Kier molecular flexibility index (Phi) is 7.70. The van der Waals surface area contributed by atoms with Crippen molar-refractivity contribution in [1.82, 2.24) is 9.88 Å². The van der Waals surface area contributed by atoms with Crippen molar-refractivity contribution < 1.29 is 13.9 Å². The predicted molar refractivity (Wildman–Crippen MR) is 122 cm³/mol. The van der Waals surface area contributed by atoms with E-state index < -0.39 is 0 Å². The monoisotopic (exact) mass is 499 g/mol. The number of aromatic nitrogens is 1. The zero-order chi connectivity index (χ0) is 19.5. The Morgan fingerprint density at radius 1 is 1.28 bits per heavy atom. The number of rotatable bonds is 6. The molecule has 1 aliphatic heterocycles. The van der Waals surface area contributed by atoms with Crippen molar-refractivity contribution in [1.29, 1.82) is 0 Å². The molecule has 3 aromatic rings. The summed E-state index contributed by atoms with van der Waals surface area (Å²) in [7, 11) is 0. The Labute approximate surface area is 188 Å². The van der Waals surface area contributed by atoms with Gasteiger partial charge in [-0.05, 0) is 59.1 Å². The molecule has 1 saturated heterocycles. The molecule has 0 spiro atoms. The summed E-state index contributed by atoms with van der Waals surface area (Å²) in [6.45, 7) is 7.02. The summed E-state index contributed by atoms with van der Waals surface area (Å²) in [5.74, 6) is 0.150. The number of ether oxygens (including phenoxy) is 1. The summed E-state index contributed by atoms with van der Waals surface area (Å²) < 4.78 is 12.5. The van der Waals surface area contributed by atoms with Crippen molar-refractivity contribution in [2.45, 2.75) is 13.3 Å². The second kappa shape index (κ2) is 10.0. The van der Waals surface area contributed by atoms with E-state index in [1.807, 2.05) is 12.1 Å². The minimum atomic E-state index is -0.163. The van der Waals surface area contributed by atoms with Crippen molar-refractivity contribution in [2.75, 3.05) is 44.3 Å². The van der Waals surface area contributed by atoms with Gasteiger partial charge in [0.05, 0.1) is 23.4 Å². The van der Waals surface area contributed by atoms with Crippen LogP contribution in [0.25, 0.3) is 10.2 Å². The second-order valence-corrected chi connectivity index (χ2v) is 8.63. The van der Waals surface area contributed by atoms with Gasteiger partial charge < -0.3 is 9.15 Å². The van der Waals surface area contributed by atoms with Crippen molar-refractivity contribution >= 4 is 60.9 Å². The average molecular weight is 501 g/mol. The van der Waals surface area contributed by atoms with E-state index in [0.29, 0.717) is 22.1 Å². The third kappa shape index (κ3) is 5.38. The molecule has 0 N–H and O–H groups in total. The number of aryl methyl sites for hydroxylation is 1. The standard InChI is InChI=1S/C20H22BrN3O3S.ClH/c1-14-3-4-15-17(13-14)28-20(22-15)24(19(25)16-5-6-18(21)27-16)8-2-7-23-9-11-26-12-10-23;/h3-6,13H,2,7-12H2,1H3;1H. The van der Waals surface area contributed by atoms with Gasteiger partial charge in [0.15, 0.2) is 15.6 Å². The molecule has 9 heteroatoms. The first-order chi connectivity index (χ1) is 13.6. The van der Waals surface area contributed by atoms with Crippen molar-refractivity contribution in [3.8, 4) is 0 Å². The van der Waals surface area contributed by atoms with Crippen LogP contribution in [0.4, 0.5) is 5.13 Å². The van der Waals surface area contributed by atoms with E-state index in [2.05, 4.69) is 33.8 Å². The highest BCUT2D eigenvalue weighted by atomic mass is 79.9. The van der Waals surface area contributed by atoms with Crippen LogP contribution in [0.5, 0.6) is 0 Å². The largest absolute Gasteiger partial charge is 0.444 e. The lowest BCUT2D eigenvalue weighted by atomic mass is 10.2. The second-order valence-electron chi connectivity index (χ2n) is 6.84. The number of morpholine rings is 1. The third-order valence-corrected chi connectivity index (χ3v) is 6.22. The fraction of sp³-hybridized carbons (Fsp3) is 0.400. The fourth-order valence-corrected chi connectivity index (χ4v) is 4.65. The Bertz CT molecular complexity index is 971. The lowest BCUT2D eigenvalue weighted by Crippen LogP contribution is -2.39. The highest BCUT2D eigenvalue weighted by Crippen LogP contribution is 2.31. The molecule has 0 bridgehead atoms. The summed E-state index contributed by atoms with van der Waals surface area (Å²) >= 11 is 4.82. The molecule has 29 heavy (non-hydrogen) atoms. The van der Waals surface area contributed by atoms with E-state index >= 15 is 0 Å². The SMILES string of the molecule is Cc1ccc2nc(N(CCCN3CCOCC3)C(=O)c3ccc(Br)o3)sc2c1.Cl. The first kappa shape index (κ1) is 22.2. The first-order valence-corrected chi connectivity index (χ1v) is 11.0. The maximum absolute atomic E-state index is 13.1. The maximum Gasteiger partial charge on any atom is 0.295 e. The number of thiazole rings is 1. The normalized spacial score (nSPS) is 14.7. The summed E-state index contributed by atoms with van der Waals surface area (Å²) in [4.78, 5) is 22.0. The van der Waals surface area contributed by atoms with Gasteiger partial charge in [0, 0.05) is 26.2 Å². The van der Waals surface area contributed by atoms with Gasteiger partial charge in [-0.1, -0.05) is 17.4 Å². The van der Waals surface area contributed by atoms with Crippen molar-refractivity contribution in [2.24, 2.45) is 0 Å². The van der Waals surface area contributed by atoms with E-state index in [9.17, 15) is 4.79 Å². The molecule has 3 heterocycles. The molecule has 1 aromatic carbocycles. The van der Waals surface area contributed by atoms with E-state index in [1.165, 1.54) is 5.56 Å². The molecule has 4 rings (SSSR count). The van der Waals surface area contributed by atoms with Gasteiger partial charge in [-0.15, -0.1) is 12.4 Å². The van der Waals surface area contributed by atoms with Crippen LogP contribution in [0.15, 0.2) is 39.4 Å². The Morgan fingerprint density at radius 3 is 2.79 bits per heavy atom. The lowest BCUT2D eigenvalue weighted by molar-refractivity contribution is 0.0376. The predicted octanol–water partition coefficient (Wildman–Crippen LogP) is 4.75. The van der Waals surface area contributed by atoms with Crippen molar-refractivity contribution in [3.05, 3.63) is 46.3 Å². The molecule has 2 aromatic heterocycles. The number of hydrogen-bond acceptors (Lipinski definition) is 6. The summed E-state index contributed by atoms with van der Waals surface area (Å²) in [5.41, 5.74) is 2.10. The van der Waals surface area contributed by atoms with Crippen LogP contribution in [-0.4, -0.2) is 55.2 Å². The van der Waals surface area contributed by atoms with Crippen LogP contribution in [0, 0.1) is 6.92 Å². The smallest absolute Gasteiger partial charge is 0.295 e. The van der Waals surface area contributed by atoms with Crippen LogP contribution in [-0.2, 0) is 4.74 Å². The topological polar surface area (TPSA) is 58.8 Å². The van der Waals surface area contributed by atoms with Gasteiger partial charge in [0.2, 0.25) is 0 Å². The number of nitrogens with zero attached hydrogens (tertiary/aromatic N) is 3. The van der Waals surface area contributed by atoms with Crippen LogP contribution < -0.4 is 4.90 Å². The van der Waals surface area contributed by atoms with Crippen LogP contribution in [0.3, 0.4) is 0 Å². The van der Waals surface area contributed by atoms with Gasteiger partial charge in [-0.25, -0.2) is 4.98 Å². The molecular formula is C20H23BrClN3O3S. The van der Waals surface area contributed by atoms with Gasteiger partial charge in [0.1, 0.15) is 0 Å². The number of amides is 1. The molecular weight excluding hydrogens is 478 g/mol. The molecule has 0 atom stereocenters. The third-order valence-electron chi connectivity index (χ3n) is 4.75. The average Bonchev–Trinajstić information content (AvgIpc) is 3.31. The van der Waals surface area contributed by atoms with Crippen LogP contribution >= 0.6 is 39.7 Å². The molecule has 1 aliphatic rings. The number of fused-ring (bicyclic) bond motifs is 1. The van der Waals surface area contributed by atoms with E-state index in [-0.39, 0.29) is 18.3 Å². The Hall–Kier alpha value is -1.45. The van der Waals surface area contributed by atoms with Crippen LogP contribution in [0.1, 0.15) is 22.5 Å². The summed E-state index contributed by atoms with van der Waals surface area (Å²) in [6.07, 6.45) is 0.864. The first-order valence-electron chi connectivity index (χ1n) is 9.35. The minimum absolute atomic E-state index is 0. The highest BCUT2D eigenvalue weighted by molar-refractivity contribution is 9.10. The molecule has 0 radical (unpaired) electrons. The number of carbonyl (C=O) groups is 1. The lowest BCUT2D eigenvalue weighted by Gasteiger charge is -2.27.